The van der Waals surface area contributed by atoms with E-state index in [0.717, 1.165) is 18.7 Å². The minimum absolute atomic E-state index is 0.0305. The molecule has 1 saturated heterocycles. The fourth-order valence-electron chi connectivity index (χ4n) is 4.06. The van der Waals surface area contributed by atoms with Gasteiger partial charge in [0.25, 0.3) is 5.56 Å². The largest absolute Gasteiger partial charge is 0.353 e. The van der Waals surface area contributed by atoms with Crippen LogP contribution in [-0.4, -0.2) is 40.0 Å². The SMILES string of the molecule is Cc1cccc2c(=O)n(CC(=O)NC[C@@H](c3ccccc3)N3CCCC3)cnc12. The number of likely N-dealkylation sites (tertiary alicyclic amines) is 1. The first-order valence-corrected chi connectivity index (χ1v) is 10.1. The zero-order chi connectivity index (χ0) is 20.2. The van der Waals surface area contributed by atoms with E-state index >= 15 is 0 Å². The quantitative estimate of drug-likeness (QED) is 0.703. The second kappa shape index (κ2) is 8.57. The Bertz CT molecular complexity index is 1060. The van der Waals surface area contributed by atoms with Crippen molar-refractivity contribution in [3.63, 3.8) is 0 Å². The minimum atomic E-state index is -0.187. The molecule has 1 amide bonds. The van der Waals surface area contributed by atoms with Crippen LogP contribution < -0.4 is 10.9 Å². The lowest BCUT2D eigenvalue weighted by Crippen LogP contribution is -2.39. The summed E-state index contributed by atoms with van der Waals surface area (Å²) in [6, 6.07) is 15.9. The van der Waals surface area contributed by atoms with E-state index in [4.69, 9.17) is 0 Å². The monoisotopic (exact) mass is 390 g/mol. The zero-order valence-electron chi connectivity index (χ0n) is 16.7. The highest BCUT2D eigenvalue weighted by Gasteiger charge is 2.23. The molecule has 0 aliphatic carbocycles. The van der Waals surface area contributed by atoms with Crippen LogP contribution in [0.4, 0.5) is 0 Å². The van der Waals surface area contributed by atoms with Crippen LogP contribution in [0.2, 0.25) is 0 Å². The van der Waals surface area contributed by atoms with Gasteiger partial charge in [-0.1, -0.05) is 42.5 Å². The fourth-order valence-corrected chi connectivity index (χ4v) is 4.06. The summed E-state index contributed by atoms with van der Waals surface area (Å²) in [5.41, 5.74) is 2.66. The van der Waals surface area contributed by atoms with Gasteiger partial charge >= 0.3 is 0 Å². The number of carbonyl (C=O) groups is 1. The molecule has 150 valence electrons. The van der Waals surface area contributed by atoms with Gasteiger partial charge in [-0.25, -0.2) is 4.98 Å². The molecule has 0 unspecified atom stereocenters. The van der Waals surface area contributed by atoms with Gasteiger partial charge in [-0.2, -0.15) is 0 Å². The Morgan fingerprint density at radius 1 is 1.10 bits per heavy atom. The highest BCUT2D eigenvalue weighted by Crippen LogP contribution is 2.24. The lowest BCUT2D eigenvalue weighted by molar-refractivity contribution is -0.122. The van der Waals surface area contributed by atoms with Gasteiger partial charge in [0.05, 0.1) is 23.3 Å². The Labute approximate surface area is 170 Å². The highest BCUT2D eigenvalue weighted by molar-refractivity contribution is 5.81. The molecular formula is C23H26N4O2. The predicted octanol–water partition coefficient (Wildman–Crippen LogP) is 2.66. The second-order valence-corrected chi connectivity index (χ2v) is 7.62. The maximum absolute atomic E-state index is 12.7. The molecule has 1 atom stereocenters. The standard InChI is InChI=1S/C23H26N4O2/c1-17-8-7-11-19-22(17)25-16-27(23(19)29)15-21(28)24-14-20(26-12-5-6-13-26)18-9-3-2-4-10-18/h2-4,7-11,16,20H,5-6,12-15H2,1H3,(H,24,28)/t20-/m0/s1. The van der Waals surface area contributed by atoms with E-state index in [0.29, 0.717) is 17.4 Å². The van der Waals surface area contributed by atoms with Gasteiger partial charge in [0.1, 0.15) is 6.54 Å². The first-order chi connectivity index (χ1) is 14.1. The van der Waals surface area contributed by atoms with Gasteiger partial charge in [0.15, 0.2) is 0 Å². The normalized spacial score (nSPS) is 15.5. The highest BCUT2D eigenvalue weighted by atomic mass is 16.2. The van der Waals surface area contributed by atoms with Crippen molar-refractivity contribution in [2.45, 2.75) is 32.4 Å². The van der Waals surface area contributed by atoms with Crippen molar-refractivity contribution >= 4 is 16.8 Å². The van der Waals surface area contributed by atoms with Crippen LogP contribution in [0.1, 0.15) is 30.0 Å². The summed E-state index contributed by atoms with van der Waals surface area (Å²) < 4.78 is 1.38. The Morgan fingerprint density at radius 2 is 1.86 bits per heavy atom. The topological polar surface area (TPSA) is 67.2 Å². The molecule has 0 spiro atoms. The Kier molecular flexibility index (Phi) is 5.71. The van der Waals surface area contributed by atoms with Crippen LogP contribution in [0.5, 0.6) is 0 Å². The van der Waals surface area contributed by atoms with Crippen molar-refractivity contribution in [3.05, 3.63) is 76.3 Å². The molecule has 4 rings (SSSR count). The molecule has 6 heteroatoms. The first-order valence-electron chi connectivity index (χ1n) is 10.1. The average molecular weight is 390 g/mol. The summed E-state index contributed by atoms with van der Waals surface area (Å²) in [5, 5.41) is 3.57. The molecule has 2 aromatic carbocycles. The van der Waals surface area contributed by atoms with Crippen molar-refractivity contribution in [1.29, 1.82) is 0 Å². The number of aromatic nitrogens is 2. The minimum Gasteiger partial charge on any atom is -0.353 e. The van der Waals surface area contributed by atoms with Gasteiger partial charge in [0.2, 0.25) is 5.91 Å². The number of amides is 1. The third-order valence-corrected chi connectivity index (χ3v) is 5.63. The van der Waals surface area contributed by atoms with Crippen LogP contribution in [0.25, 0.3) is 10.9 Å². The van der Waals surface area contributed by atoms with E-state index in [-0.39, 0.29) is 24.1 Å². The van der Waals surface area contributed by atoms with Crippen molar-refractivity contribution in [1.82, 2.24) is 19.8 Å². The van der Waals surface area contributed by atoms with Gasteiger partial charge in [-0.3, -0.25) is 19.1 Å². The molecule has 29 heavy (non-hydrogen) atoms. The molecular weight excluding hydrogens is 364 g/mol. The summed E-state index contributed by atoms with van der Waals surface area (Å²) in [4.78, 5) is 32.1. The Hall–Kier alpha value is -2.99. The lowest BCUT2D eigenvalue weighted by atomic mass is 10.1. The molecule has 1 N–H and O–H groups in total. The summed E-state index contributed by atoms with van der Waals surface area (Å²) in [5.74, 6) is -0.180. The van der Waals surface area contributed by atoms with E-state index in [1.807, 2.05) is 37.3 Å². The van der Waals surface area contributed by atoms with Crippen LogP contribution in [-0.2, 0) is 11.3 Å². The maximum Gasteiger partial charge on any atom is 0.261 e. The van der Waals surface area contributed by atoms with Gasteiger partial charge in [-0.15, -0.1) is 0 Å². The van der Waals surface area contributed by atoms with E-state index in [1.54, 1.807) is 6.07 Å². The van der Waals surface area contributed by atoms with Crippen molar-refractivity contribution in [3.8, 4) is 0 Å². The van der Waals surface area contributed by atoms with Crippen molar-refractivity contribution in [2.75, 3.05) is 19.6 Å². The number of para-hydroxylation sites is 1. The van der Waals surface area contributed by atoms with E-state index in [9.17, 15) is 9.59 Å². The van der Waals surface area contributed by atoms with Crippen LogP contribution in [0.3, 0.4) is 0 Å². The average Bonchev–Trinajstić information content (AvgIpc) is 3.26. The smallest absolute Gasteiger partial charge is 0.261 e. The number of hydrogen-bond acceptors (Lipinski definition) is 4. The number of fused-ring (bicyclic) bond motifs is 1. The number of rotatable bonds is 6. The van der Waals surface area contributed by atoms with Crippen LogP contribution in [0, 0.1) is 6.92 Å². The molecule has 6 nitrogen and oxygen atoms in total. The third-order valence-electron chi connectivity index (χ3n) is 5.63. The molecule has 1 fully saturated rings. The van der Waals surface area contributed by atoms with Gasteiger partial charge in [-0.05, 0) is 50.0 Å². The molecule has 3 aromatic rings. The maximum atomic E-state index is 12.7. The van der Waals surface area contributed by atoms with E-state index < -0.39 is 0 Å². The number of carbonyl (C=O) groups excluding carboxylic acids is 1. The predicted molar refractivity (Wildman–Crippen MR) is 114 cm³/mol. The van der Waals surface area contributed by atoms with Gasteiger partial charge in [0, 0.05) is 6.54 Å². The first kappa shape index (κ1) is 19.3. The molecule has 0 radical (unpaired) electrons. The third kappa shape index (κ3) is 4.22. The summed E-state index contributed by atoms with van der Waals surface area (Å²) in [6.07, 6.45) is 3.84. The number of benzene rings is 2. The second-order valence-electron chi connectivity index (χ2n) is 7.62. The number of hydrogen-bond donors (Lipinski definition) is 1. The number of nitrogens with zero attached hydrogens (tertiary/aromatic N) is 3. The van der Waals surface area contributed by atoms with E-state index in [1.165, 1.54) is 29.3 Å². The summed E-state index contributed by atoms with van der Waals surface area (Å²) in [7, 11) is 0. The summed E-state index contributed by atoms with van der Waals surface area (Å²) >= 11 is 0. The van der Waals surface area contributed by atoms with Gasteiger partial charge < -0.3 is 5.32 Å². The number of aryl methyl sites for hydroxylation is 1. The fraction of sp³-hybridized carbons (Fsp3) is 0.348. The van der Waals surface area contributed by atoms with Crippen molar-refractivity contribution < 1.29 is 4.79 Å². The lowest BCUT2D eigenvalue weighted by Gasteiger charge is -2.28. The molecule has 2 heterocycles. The molecule has 0 bridgehead atoms. The van der Waals surface area contributed by atoms with Crippen molar-refractivity contribution in [2.24, 2.45) is 0 Å². The Morgan fingerprint density at radius 3 is 2.62 bits per heavy atom. The van der Waals surface area contributed by atoms with Crippen LogP contribution in [0.15, 0.2) is 59.7 Å². The van der Waals surface area contributed by atoms with E-state index in [2.05, 4.69) is 27.3 Å². The molecule has 1 aliphatic rings. The summed E-state index contributed by atoms with van der Waals surface area (Å²) in [6.45, 7) is 4.51. The molecule has 0 saturated carbocycles. The molecule has 1 aromatic heterocycles. The van der Waals surface area contributed by atoms with Crippen LogP contribution >= 0.6 is 0 Å². The Balaban J connectivity index is 1.47. The molecule has 1 aliphatic heterocycles. The zero-order valence-corrected chi connectivity index (χ0v) is 16.7. The number of nitrogens with one attached hydrogen (secondary N) is 1.